The minimum atomic E-state index is 0.229. The lowest BCUT2D eigenvalue weighted by Gasteiger charge is -2.37. The van der Waals surface area contributed by atoms with Gasteiger partial charge in [0.1, 0.15) is 0 Å². The first kappa shape index (κ1) is 14.6. The van der Waals surface area contributed by atoms with E-state index in [0.29, 0.717) is 6.04 Å². The molecule has 1 nitrogen and oxygen atoms in total. The summed E-state index contributed by atoms with van der Waals surface area (Å²) in [5.41, 5.74) is 3.27. The Morgan fingerprint density at radius 3 is 2.42 bits per heavy atom. The molecule has 0 heterocycles. The fraction of sp³-hybridized carbons (Fsp3) is 0.667. The van der Waals surface area contributed by atoms with Crippen molar-refractivity contribution >= 4 is 0 Å². The van der Waals surface area contributed by atoms with Crippen molar-refractivity contribution in [1.82, 2.24) is 5.32 Å². The van der Waals surface area contributed by atoms with Gasteiger partial charge in [-0.25, -0.2) is 0 Å². The van der Waals surface area contributed by atoms with E-state index in [4.69, 9.17) is 0 Å². The largest absolute Gasteiger partial charge is 0.310 e. The second kappa shape index (κ2) is 6.09. The van der Waals surface area contributed by atoms with Crippen molar-refractivity contribution in [3.05, 3.63) is 35.4 Å². The molecule has 1 aliphatic rings. The molecule has 0 spiro atoms. The van der Waals surface area contributed by atoms with Gasteiger partial charge < -0.3 is 5.32 Å². The third-order valence-electron chi connectivity index (χ3n) is 4.34. The second-order valence-electron chi connectivity index (χ2n) is 6.96. The van der Waals surface area contributed by atoms with Gasteiger partial charge in [-0.15, -0.1) is 0 Å². The molecule has 0 bridgehead atoms. The van der Waals surface area contributed by atoms with Gasteiger partial charge in [-0.05, 0) is 48.3 Å². The van der Waals surface area contributed by atoms with Crippen molar-refractivity contribution in [3.8, 4) is 0 Å². The molecule has 1 N–H and O–H groups in total. The SMILES string of the molecule is CCCNC(c1ccccc1C(C)(C)C)C1CCC1. The van der Waals surface area contributed by atoms with Crippen LogP contribution in [0.25, 0.3) is 0 Å². The number of benzene rings is 1. The van der Waals surface area contributed by atoms with Crippen molar-refractivity contribution < 1.29 is 0 Å². The van der Waals surface area contributed by atoms with E-state index in [-0.39, 0.29) is 5.41 Å². The molecule has 1 fully saturated rings. The fourth-order valence-electron chi connectivity index (χ4n) is 3.05. The lowest BCUT2D eigenvalue weighted by Crippen LogP contribution is -2.34. The Morgan fingerprint density at radius 1 is 1.21 bits per heavy atom. The van der Waals surface area contributed by atoms with Gasteiger partial charge >= 0.3 is 0 Å². The first-order valence-electron chi connectivity index (χ1n) is 7.87. The highest BCUT2D eigenvalue weighted by atomic mass is 14.9. The summed E-state index contributed by atoms with van der Waals surface area (Å²) in [4.78, 5) is 0. The van der Waals surface area contributed by atoms with Crippen LogP contribution in [0, 0.1) is 5.92 Å². The van der Waals surface area contributed by atoms with Gasteiger partial charge in [0.25, 0.3) is 0 Å². The summed E-state index contributed by atoms with van der Waals surface area (Å²) in [7, 11) is 0. The van der Waals surface area contributed by atoms with Crippen LogP contribution >= 0.6 is 0 Å². The van der Waals surface area contributed by atoms with Crippen molar-refractivity contribution in [2.45, 2.75) is 64.8 Å². The molecule has 1 heteroatoms. The average Bonchev–Trinajstić information content (AvgIpc) is 2.31. The minimum Gasteiger partial charge on any atom is -0.310 e. The van der Waals surface area contributed by atoms with E-state index in [0.717, 1.165) is 12.5 Å². The zero-order valence-corrected chi connectivity index (χ0v) is 13.0. The Labute approximate surface area is 118 Å². The van der Waals surface area contributed by atoms with Crippen LogP contribution in [0.4, 0.5) is 0 Å². The van der Waals surface area contributed by atoms with Gasteiger partial charge in [0, 0.05) is 6.04 Å². The molecule has 0 amide bonds. The van der Waals surface area contributed by atoms with Crippen LogP contribution in [-0.4, -0.2) is 6.54 Å². The maximum atomic E-state index is 3.80. The summed E-state index contributed by atoms with van der Waals surface area (Å²) in [6.45, 7) is 10.3. The monoisotopic (exact) mass is 259 g/mol. The normalized spacial score (nSPS) is 18.1. The molecule has 1 aromatic rings. The summed E-state index contributed by atoms with van der Waals surface area (Å²) < 4.78 is 0. The number of nitrogens with one attached hydrogen (secondary N) is 1. The quantitative estimate of drug-likeness (QED) is 0.799. The molecule has 0 aromatic heterocycles. The van der Waals surface area contributed by atoms with E-state index in [2.05, 4.69) is 57.3 Å². The third kappa shape index (κ3) is 3.39. The topological polar surface area (TPSA) is 12.0 Å². The highest BCUT2D eigenvalue weighted by Gasteiger charge is 2.31. The Balaban J connectivity index is 2.29. The van der Waals surface area contributed by atoms with E-state index < -0.39 is 0 Å². The second-order valence-corrected chi connectivity index (χ2v) is 6.96. The zero-order chi connectivity index (χ0) is 13.9. The van der Waals surface area contributed by atoms with Gasteiger partial charge in [-0.2, -0.15) is 0 Å². The minimum absolute atomic E-state index is 0.229. The maximum Gasteiger partial charge on any atom is 0.0351 e. The molecular formula is C18H29N. The molecule has 0 aliphatic heterocycles. The highest BCUT2D eigenvalue weighted by molar-refractivity contribution is 5.35. The Bertz CT molecular complexity index is 398. The van der Waals surface area contributed by atoms with Gasteiger partial charge in [0.2, 0.25) is 0 Å². The smallest absolute Gasteiger partial charge is 0.0351 e. The van der Waals surface area contributed by atoms with Gasteiger partial charge in [0.15, 0.2) is 0 Å². The maximum absolute atomic E-state index is 3.80. The van der Waals surface area contributed by atoms with E-state index in [1.807, 2.05) is 0 Å². The summed E-state index contributed by atoms with van der Waals surface area (Å²) >= 11 is 0. The highest BCUT2D eigenvalue weighted by Crippen LogP contribution is 2.40. The Hall–Kier alpha value is -0.820. The Morgan fingerprint density at radius 2 is 1.89 bits per heavy atom. The molecule has 19 heavy (non-hydrogen) atoms. The van der Waals surface area contributed by atoms with Crippen LogP contribution in [0.5, 0.6) is 0 Å². The first-order chi connectivity index (χ1) is 9.04. The fourth-order valence-corrected chi connectivity index (χ4v) is 3.05. The van der Waals surface area contributed by atoms with Crippen molar-refractivity contribution in [1.29, 1.82) is 0 Å². The number of hydrogen-bond donors (Lipinski definition) is 1. The Kier molecular flexibility index (Phi) is 4.67. The van der Waals surface area contributed by atoms with Gasteiger partial charge in [-0.1, -0.05) is 58.4 Å². The van der Waals surface area contributed by atoms with Crippen molar-refractivity contribution in [3.63, 3.8) is 0 Å². The lowest BCUT2D eigenvalue weighted by molar-refractivity contribution is 0.229. The van der Waals surface area contributed by atoms with Crippen LogP contribution in [0.3, 0.4) is 0 Å². The summed E-state index contributed by atoms with van der Waals surface area (Å²) in [5.74, 6) is 0.843. The molecule has 1 atom stereocenters. The predicted octanol–water partition coefficient (Wildman–Crippen LogP) is 4.82. The molecule has 0 saturated heterocycles. The first-order valence-corrected chi connectivity index (χ1v) is 7.87. The van der Waals surface area contributed by atoms with Crippen molar-refractivity contribution in [2.75, 3.05) is 6.54 Å². The molecule has 2 rings (SSSR count). The van der Waals surface area contributed by atoms with E-state index in [9.17, 15) is 0 Å². The molecule has 1 saturated carbocycles. The van der Waals surface area contributed by atoms with Crippen LogP contribution in [0.15, 0.2) is 24.3 Å². The van der Waals surface area contributed by atoms with Crippen LogP contribution in [0.1, 0.15) is 70.5 Å². The van der Waals surface area contributed by atoms with Gasteiger partial charge in [-0.3, -0.25) is 0 Å². The molecule has 106 valence electrons. The third-order valence-corrected chi connectivity index (χ3v) is 4.34. The molecule has 1 unspecified atom stereocenters. The summed E-state index contributed by atoms with van der Waals surface area (Å²) in [6.07, 6.45) is 5.40. The zero-order valence-electron chi connectivity index (χ0n) is 13.0. The van der Waals surface area contributed by atoms with E-state index in [1.54, 1.807) is 0 Å². The standard InChI is InChI=1S/C18H29N/c1-5-13-19-17(14-9-8-10-14)15-11-6-7-12-16(15)18(2,3)4/h6-7,11-12,14,17,19H,5,8-10,13H2,1-4H3. The number of hydrogen-bond acceptors (Lipinski definition) is 1. The molecule has 1 aliphatic carbocycles. The lowest BCUT2D eigenvalue weighted by atomic mass is 9.73. The summed E-state index contributed by atoms with van der Waals surface area (Å²) in [5, 5.41) is 3.80. The summed E-state index contributed by atoms with van der Waals surface area (Å²) in [6, 6.07) is 9.59. The molecule has 0 radical (unpaired) electrons. The van der Waals surface area contributed by atoms with Crippen molar-refractivity contribution in [2.24, 2.45) is 5.92 Å². The van der Waals surface area contributed by atoms with Crippen LogP contribution < -0.4 is 5.32 Å². The van der Waals surface area contributed by atoms with Gasteiger partial charge in [0.05, 0.1) is 0 Å². The molecular weight excluding hydrogens is 230 g/mol. The average molecular weight is 259 g/mol. The number of rotatable bonds is 5. The van der Waals surface area contributed by atoms with Crippen LogP contribution in [-0.2, 0) is 5.41 Å². The van der Waals surface area contributed by atoms with Crippen LogP contribution in [0.2, 0.25) is 0 Å². The molecule has 1 aromatic carbocycles. The predicted molar refractivity (Wildman–Crippen MR) is 83.5 cm³/mol. The van der Waals surface area contributed by atoms with E-state index >= 15 is 0 Å². The van der Waals surface area contributed by atoms with E-state index in [1.165, 1.54) is 36.8 Å².